The lowest BCUT2D eigenvalue weighted by Gasteiger charge is -2.63. The molecular weight excluding hydrogens is 1770 g/mol. The van der Waals surface area contributed by atoms with Gasteiger partial charge in [0, 0.05) is 59.8 Å². The summed E-state index contributed by atoms with van der Waals surface area (Å²) in [4.78, 5) is 98.2. The van der Waals surface area contributed by atoms with Crippen LogP contribution < -0.4 is 22.5 Å². The molecule has 20 rings (SSSR count). The van der Waals surface area contributed by atoms with Gasteiger partial charge in [-0.05, 0) is 422 Å². The first kappa shape index (κ1) is 102. The molecule has 16 aliphatic rings. The minimum Gasteiger partial charge on any atom is -0.439 e. The second-order valence-corrected chi connectivity index (χ2v) is 50.3. The summed E-state index contributed by atoms with van der Waals surface area (Å²) in [5, 5.41) is 49.3. The van der Waals surface area contributed by atoms with E-state index >= 15 is 0 Å². The summed E-state index contributed by atoms with van der Waals surface area (Å²) in [6.45, 7) is 28.8. The Kier molecular flexibility index (Phi) is 28.8. The summed E-state index contributed by atoms with van der Waals surface area (Å²) in [7, 11) is -4.52. The molecule has 0 aromatic carbocycles. The number of esters is 3. The minimum atomic E-state index is -4.52. The van der Waals surface area contributed by atoms with Gasteiger partial charge >= 0.3 is 48.2 Å². The van der Waals surface area contributed by atoms with Crippen LogP contribution in [0.25, 0.3) is 0 Å². The molecule has 16 saturated carbocycles. The summed E-state index contributed by atoms with van der Waals surface area (Å²) >= 11 is 0. The van der Waals surface area contributed by atoms with Gasteiger partial charge < -0.3 is 81.0 Å². The maximum Gasteiger partial charge on any atom is 0.471 e. The Morgan fingerprint density at radius 3 is 0.905 bits per heavy atom. The summed E-state index contributed by atoms with van der Waals surface area (Å²) < 4.78 is 75.4. The Balaban J connectivity index is 0.000000127. The normalized spacial score (nSPS) is 43.8. The van der Waals surface area contributed by atoms with E-state index in [1.165, 1.54) is 38.1 Å². The van der Waals surface area contributed by atoms with Gasteiger partial charge in [-0.3, -0.25) is 18.9 Å². The van der Waals surface area contributed by atoms with E-state index in [1.807, 2.05) is 45.0 Å². The van der Waals surface area contributed by atoms with E-state index in [0.29, 0.717) is 65.1 Å². The Morgan fingerprint density at radius 2 is 0.642 bits per heavy atom. The third-order valence-corrected chi connectivity index (χ3v) is 43.1. The van der Waals surface area contributed by atoms with Gasteiger partial charge in [0.2, 0.25) is 0 Å². The van der Waals surface area contributed by atoms with Crippen LogP contribution in [0.1, 0.15) is 374 Å². The molecular formula is C110H159O26P. The zero-order valence-corrected chi connectivity index (χ0v) is 84.8. The lowest BCUT2D eigenvalue weighted by molar-refractivity contribution is -0.219. The van der Waals surface area contributed by atoms with Crippen molar-refractivity contribution in [3.63, 3.8) is 0 Å². The molecule has 27 heteroatoms. The fraction of sp³-hybridized carbons (Fsp3) is 0.791. The highest BCUT2D eigenvalue weighted by Gasteiger charge is 2.73. The van der Waals surface area contributed by atoms with Crippen molar-refractivity contribution in [2.24, 2.45) is 120 Å². The number of carbonyl (C=O) groups is 3. The Bertz CT molecular complexity index is 5200. The first-order valence-corrected chi connectivity index (χ1v) is 54.0. The molecule has 33 atom stereocenters. The lowest BCUT2D eigenvalue weighted by Crippen LogP contribution is -2.62. The Morgan fingerprint density at radius 1 is 0.365 bits per heavy atom. The van der Waals surface area contributed by atoms with Gasteiger partial charge in [-0.25, -0.2) is 23.7 Å². The van der Waals surface area contributed by atoms with Gasteiger partial charge in [-0.2, -0.15) is 0 Å². The summed E-state index contributed by atoms with van der Waals surface area (Å²) in [5.41, 5.74) is -0.467. The molecule has 0 radical (unpaired) electrons. The van der Waals surface area contributed by atoms with Crippen LogP contribution in [0.15, 0.2) is 110 Å². The number of aliphatic hydroxyl groups is 4. The first-order chi connectivity index (χ1) is 64.6. The molecule has 0 saturated heterocycles. The second-order valence-electron chi connectivity index (χ2n) is 49.1. The van der Waals surface area contributed by atoms with E-state index in [2.05, 4.69) is 59.9 Å². The van der Waals surface area contributed by atoms with E-state index < -0.39 is 41.9 Å². The zero-order chi connectivity index (χ0) is 98.0. The van der Waals surface area contributed by atoms with Gasteiger partial charge in [0.25, 0.3) is 0 Å². The zero-order valence-electron chi connectivity index (χ0n) is 83.9. The number of rotatable bonds is 17. The fourth-order valence-electron chi connectivity index (χ4n) is 35.1. The van der Waals surface area contributed by atoms with Crippen molar-refractivity contribution in [2.45, 2.75) is 405 Å². The SMILES string of the molecule is CC(=O)OC(C)O[C@H]1CC[C@@]2(C)[C@H](CC[C@@H]3[C@@H]2CC[C@]2(C)[C@@H](c4ccc(=O)oc4)CC[C@]32O)C1.CC(=O)OCO[C@H]1CC[C@@]2(C)[C@H](CC[C@@H]3[C@@H]2CC[C@]2(C)[C@@H](c4ccc(=O)oc4)CC[C@]32O)C1.CC(C)(C)C(=O)OCO[C@H]1CC[C@@]2(C)[C@H](CC[C@@H]3[C@@H]2CC[C@]2(C)[C@@H](c4ccc(=O)oc4)CC[C@]32O)C1.C[C@]12CC[C@H](OCOP(=O)(O)O)C[C@H]1CC[C@@H]1[C@@H]2CC[C@]2(C)[C@@H](c3ccc(=O)oc3)CC[C@]12O. The van der Waals surface area contributed by atoms with Crippen LogP contribution in [-0.4, -0.2) is 122 Å². The van der Waals surface area contributed by atoms with Crippen molar-refractivity contribution in [3.05, 3.63) is 138 Å². The highest BCUT2D eigenvalue weighted by atomic mass is 31.2. The van der Waals surface area contributed by atoms with E-state index in [4.69, 9.17) is 60.6 Å². The standard InChI is InChI=1S/C30H44O6.C28H40O6.C27H38O6.C25H37O8P/c1-27(2,3)26(32)36-18-35-21-10-13-28(4)20(16-21)7-8-24-23(28)11-14-29(5)22(12-15-30(24,29)33)19-6-9-25(31)34-17-19;1-17(29)33-18(2)34-21-9-12-26(3)20(15-21)6-7-24-23(26)10-13-27(4)22(11-14-28(24,27)31)19-5-8-25(30)32-16-19;1-17(28)32-16-33-20-8-11-25(2)19(14-20)5-6-23-22(25)9-12-26(3)21(10-13-27(23,26)30)18-4-7-24(29)31-15-18;1-23-10-7-18(32-15-33-34(28,29)30)13-17(23)4-5-21-20(23)8-11-24(2)19(9-12-25(21,24)27)16-3-6-22(26)31-14-16/h6,9,17,20-24,33H,7-8,10-16,18H2,1-5H3;5,8,16,18,20-24,31H,6-7,9-15H2,1-4H3;4,7,15,19-23,30H,5-6,8-14,16H2,1-3H3;3,6,14,17-21,27H,4-5,7-13,15H2,1-2H3,(H2,28,29,30)/t20-,21+,22-,23+,24-,28+,29-,30+;18?,20-,21+,22-,23+,24-,26+,27-,28+;19-,20+,21-,22+,23-,25+,26-,27+;17-,18+,19-,20+,21-,23+,24-,25+/m1111/s1. The van der Waals surface area contributed by atoms with Crippen LogP contribution in [0.5, 0.6) is 0 Å². The van der Waals surface area contributed by atoms with Crippen LogP contribution >= 0.6 is 7.82 Å². The average molecular weight is 1930 g/mol. The molecule has 4 aromatic rings. The van der Waals surface area contributed by atoms with Crippen LogP contribution in [0.3, 0.4) is 0 Å². The van der Waals surface area contributed by atoms with E-state index in [9.17, 15) is 58.6 Å². The maximum absolute atomic E-state index is 12.4. The van der Waals surface area contributed by atoms with Gasteiger partial charge in [-0.1, -0.05) is 55.4 Å². The van der Waals surface area contributed by atoms with Crippen LogP contribution in [0.2, 0.25) is 0 Å². The van der Waals surface area contributed by atoms with E-state index in [1.54, 1.807) is 32.0 Å². The molecule has 4 aromatic heterocycles. The monoisotopic (exact) mass is 1930 g/mol. The molecule has 137 heavy (non-hydrogen) atoms. The fourth-order valence-corrected chi connectivity index (χ4v) is 35.3. The van der Waals surface area contributed by atoms with Crippen LogP contribution in [0.4, 0.5) is 0 Å². The number of phosphoric ester groups is 1. The summed E-state index contributed by atoms with van der Waals surface area (Å²) in [5.74, 6) is 5.42. The summed E-state index contributed by atoms with van der Waals surface area (Å²) in [6, 6.07) is 13.6. The molecule has 0 spiro atoms. The number of ether oxygens (including phenoxy) is 7. The topological polar surface area (TPSA) is 384 Å². The van der Waals surface area contributed by atoms with Crippen molar-refractivity contribution < 1.29 is 105 Å². The Labute approximate surface area is 808 Å². The van der Waals surface area contributed by atoms with Gasteiger partial charge in [0.05, 0.1) is 77.3 Å². The smallest absolute Gasteiger partial charge is 0.439 e. The third-order valence-electron chi connectivity index (χ3n) is 42.6. The number of hydrogen-bond donors (Lipinski definition) is 6. The van der Waals surface area contributed by atoms with Gasteiger partial charge in [-0.15, -0.1) is 0 Å². The number of fused-ring (bicyclic) bond motifs is 20. The van der Waals surface area contributed by atoms with Crippen molar-refractivity contribution in [3.8, 4) is 0 Å². The molecule has 6 N–H and O–H groups in total. The quantitative estimate of drug-likeness (QED) is 0.0247. The summed E-state index contributed by atoms with van der Waals surface area (Å²) in [6.07, 6.45) is 42.2. The molecule has 1 unspecified atom stereocenters. The highest BCUT2D eigenvalue weighted by Crippen LogP contribution is 2.77. The van der Waals surface area contributed by atoms with Gasteiger partial charge in [0.15, 0.2) is 26.7 Å². The number of phosphoric acid groups is 1. The highest BCUT2D eigenvalue weighted by molar-refractivity contribution is 7.46. The van der Waals surface area contributed by atoms with Crippen LogP contribution in [0, 0.1) is 120 Å². The molecule has 16 fully saturated rings. The molecule has 760 valence electrons. The first-order valence-electron chi connectivity index (χ1n) is 52.5. The third kappa shape index (κ3) is 18.5. The molecule has 4 heterocycles. The Hall–Kier alpha value is -6.00. The van der Waals surface area contributed by atoms with Crippen molar-refractivity contribution in [1.29, 1.82) is 0 Å². The van der Waals surface area contributed by atoms with E-state index in [0.717, 1.165) is 253 Å². The lowest BCUT2D eigenvalue weighted by atomic mass is 9.43. The number of carbonyl (C=O) groups excluding carboxylic acids is 3. The molecule has 0 amide bonds. The minimum absolute atomic E-state index is 0.0371. The maximum atomic E-state index is 12.4. The van der Waals surface area contributed by atoms with Crippen molar-refractivity contribution >= 4 is 25.7 Å². The molecule has 26 nitrogen and oxygen atoms in total. The second kappa shape index (κ2) is 38.5. The predicted molar refractivity (Wildman–Crippen MR) is 509 cm³/mol. The van der Waals surface area contributed by atoms with Gasteiger partial charge in [0.1, 0.15) is 0 Å². The largest absolute Gasteiger partial charge is 0.471 e. The predicted octanol–water partition coefficient (Wildman–Crippen LogP) is 20.1. The molecule has 0 bridgehead atoms. The van der Waals surface area contributed by atoms with Crippen molar-refractivity contribution in [1.82, 2.24) is 0 Å². The number of hydrogen-bond acceptors (Lipinski definition) is 24. The van der Waals surface area contributed by atoms with E-state index in [-0.39, 0.29) is 158 Å². The molecule has 0 aliphatic heterocycles. The molecule has 16 aliphatic carbocycles. The average Bonchev–Trinajstić information content (AvgIpc) is 1.60. The van der Waals surface area contributed by atoms with Crippen LogP contribution in [-0.2, 0) is 56.6 Å². The van der Waals surface area contributed by atoms with Crippen molar-refractivity contribution in [2.75, 3.05) is 20.4 Å².